The first kappa shape index (κ1) is 23.5. The number of benzene rings is 1. The second kappa shape index (κ2) is 10.3. The van der Waals surface area contributed by atoms with Gasteiger partial charge in [0.05, 0.1) is 12.3 Å². The molecular formula is C22H31N3O5. The van der Waals surface area contributed by atoms with E-state index in [9.17, 15) is 19.5 Å². The molecule has 1 saturated heterocycles. The normalized spacial score (nSPS) is 16.4. The van der Waals surface area contributed by atoms with Gasteiger partial charge in [-0.2, -0.15) is 5.10 Å². The maximum Gasteiger partial charge on any atom is 0.428 e. The molecule has 0 spiro atoms. The third-order valence-corrected chi connectivity index (χ3v) is 4.71. The summed E-state index contributed by atoms with van der Waals surface area (Å²) in [6.45, 7) is 8.10. The molecule has 0 aromatic heterocycles. The van der Waals surface area contributed by atoms with E-state index < -0.39 is 17.6 Å². The first-order valence-corrected chi connectivity index (χ1v) is 10.2. The molecule has 1 atom stereocenters. The minimum absolute atomic E-state index is 0.0558. The fraction of sp³-hybridized carbons (Fsp3) is 0.545. The highest BCUT2D eigenvalue weighted by Gasteiger charge is 2.25. The number of carbonyl (C=O) groups is 3. The zero-order valence-corrected chi connectivity index (χ0v) is 18.1. The largest absolute Gasteiger partial charge is 0.443 e. The first-order chi connectivity index (χ1) is 14.0. The van der Waals surface area contributed by atoms with Crippen molar-refractivity contribution in [2.75, 3.05) is 13.1 Å². The van der Waals surface area contributed by atoms with E-state index in [0.29, 0.717) is 37.1 Å². The molecule has 164 valence electrons. The average molecular weight is 418 g/mol. The molecule has 0 bridgehead atoms. The molecule has 1 aromatic carbocycles. The predicted octanol–water partition coefficient (Wildman–Crippen LogP) is 2.74. The number of piperidine rings is 1. The number of ether oxygens (including phenoxy) is 1. The average Bonchev–Trinajstić information content (AvgIpc) is 2.67. The van der Waals surface area contributed by atoms with Crippen molar-refractivity contribution in [2.45, 2.75) is 58.7 Å². The van der Waals surface area contributed by atoms with Gasteiger partial charge in [0.1, 0.15) is 5.60 Å². The molecule has 0 radical (unpaired) electrons. The number of carbonyl (C=O) groups excluding carboxylic acids is 3. The number of nitrogens with zero attached hydrogens (tertiary/aromatic N) is 2. The summed E-state index contributed by atoms with van der Waals surface area (Å²) in [5, 5.41) is 13.4. The van der Waals surface area contributed by atoms with Crippen LogP contribution in [0.4, 0.5) is 4.79 Å². The molecular weight excluding hydrogens is 386 g/mol. The summed E-state index contributed by atoms with van der Waals surface area (Å²) >= 11 is 0. The van der Waals surface area contributed by atoms with Crippen LogP contribution in [-0.4, -0.2) is 58.8 Å². The summed E-state index contributed by atoms with van der Waals surface area (Å²) in [7, 11) is 0. The van der Waals surface area contributed by atoms with E-state index in [4.69, 9.17) is 4.74 Å². The van der Waals surface area contributed by atoms with E-state index in [1.54, 1.807) is 56.9 Å². The van der Waals surface area contributed by atoms with Crippen molar-refractivity contribution in [2.24, 2.45) is 11.0 Å². The summed E-state index contributed by atoms with van der Waals surface area (Å²) in [6, 6.07) is 6.78. The van der Waals surface area contributed by atoms with Gasteiger partial charge in [-0.3, -0.25) is 9.59 Å². The van der Waals surface area contributed by atoms with E-state index in [2.05, 4.69) is 10.5 Å². The molecule has 8 heteroatoms. The molecule has 30 heavy (non-hydrogen) atoms. The topological polar surface area (TPSA) is 108 Å². The number of aliphatic hydroxyl groups excluding tert-OH is 1. The summed E-state index contributed by atoms with van der Waals surface area (Å²) < 4.78 is 5.08. The Bertz CT molecular complexity index is 775. The zero-order valence-electron chi connectivity index (χ0n) is 18.1. The zero-order chi connectivity index (χ0) is 22.3. The highest BCUT2D eigenvalue weighted by molar-refractivity contribution is 6.00. The van der Waals surface area contributed by atoms with Crippen LogP contribution in [0, 0.1) is 5.92 Å². The Kier molecular flexibility index (Phi) is 8.11. The van der Waals surface area contributed by atoms with Crippen LogP contribution in [0.1, 0.15) is 62.9 Å². The van der Waals surface area contributed by atoms with Crippen LogP contribution in [0.5, 0.6) is 0 Å². The lowest BCUT2D eigenvalue weighted by molar-refractivity contribution is -0.133. The van der Waals surface area contributed by atoms with Crippen molar-refractivity contribution in [3.8, 4) is 0 Å². The van der Waals surface area contributed by atoms with Crippen LogP contribution in [0.15, 0.2) is 29.4 Å². The molecule has 0 saturated carbocycles. The Hall–Kier alpha value is -2.74. The second-order valence-corrected chi connectivity index (χ2v) is 8.58. The van der Waals surface area contributed by atoms with E-state index in [0.717, 1.165) is 0 Å². The van der Waals surface area contributed by atoms with Gasteiger partial charge in [0.15, 0.2) is 5.78 Å². The fourth-order valence-corrected chi connectivity index (χ4v) is 3.08. The summed E-state index contributed by atoms with van der Waals surface area (Å²) in [4.78, 5) is 38.3. The molecule has 1 aliphatic heterocycles. The van der Waals surface area contributed by atoms with Gasteiger partial charge in [0, 0.05) is 31.0 Å². The Morgan fingerprint density at radius 1 is 1.23 bits per heavy atom. The molecule has 2 N–H and O–H groups in total. The number of hydrazone groups is 1. The van der Waals surface area contributed by atoms with Crippen LogP contribution in [0.2, 0.25) is 0 Å². The van der Waals surface area contributed by atoms with Gasteiger partial charge in [-0.15, -0.1) is 0 Å². The van der Waals surface area contributed by atoms with E-state index in [-0.39, 0.29) is 24.2 Å². The lowest BCUT2D eigenvalue weighted by atomic mass is 9.95. The second-order valence-electron chi connectivity index (χ2n) is 8.58. The molecule has 2 amide bonds. The maximum atomic E-state index is 12.6. The third-order valence-electron chi connectivity index (χ3n) is 4.71. The minimum atomic E-state index is -0.646. The number of nitrogens with one attached hydrogen (secondary N) is 1. The first-order valence-electron chi connectivity index (χ1n) is 10.2. The Morgan fingerprint density at radius 2 is 1.83 bits per heavy atom. The highest BCUT2D eigenvalue weighted by atomic mass is 16.6. The third kappa shape index (κ3) is 7.59. The Morgan fingerprint density at radius 3 is 2.40 bits per heavy atom. The van der Waals surface area contributed by atoms with Crippen molar-refractivity contribution in [1.82, 2.24) is 10.3 Å². The van der Waals surface area contributed by atoms with Gasteiger partial charge in [-0.25, -0.2) is 10.2 Å². The molecule has 0 aliphatic carbocycles. The molecule has 1 aliphatic rings. The van der Waals surface area contributed by atoms with Gasteiger partial charge < -0.3 is 14.7 Å². The lowest BCUT2D eigenvalue weighted by Crippen LogP contribution is -2.41. The number of rotatable bonds is 6. The molecule has 8 nitrogen and oxygen atoms in total. The minimum Gasteiger partial charge on any atom is -0.443 e. The smallest absolute Gasteiger partial charge is 0.428 e. The van der Waals surface area contributed by atoms with Gasteiger partial charge in [-0.05, 0) is 39.2 Å². The maximum absolute atomic E-state index is 12.6. The fourth-order valence-electron chi connectivity index (χ4n) is 3.08. The monoisotopic (exact) mass is 417 g/mol. The van der Waals surface area contributed by atoms with Gasteiger partial charge in [-0.1, -0.05) is 31.2 Å². The van der Waals surface area contributed by atoms with E-state index in [1.165, 1.54) is 6.21 Å². The standard InChI is InChI=1S/C22H31N3O5/c1-15(13-19(27)25-11-9-18(26)10-12-25)20(28)17-7-5-16(6-8-17)14-23-24-21(29)30-22(2,3)4/h5-8,14-15,18,26H,9-13H2,1-4H3,(H,24,29). The molecule has 1 unspecified atom stereocenters. The van der Waals surface area contributed by atoms with Gasteiger partial charge >= 0.3 is 6.09 Å². The van der Waals surface area contributed by atoms with Crippen molar-refractivity contribution >= 4 is 24.0 Å². The summed E-state index contributed by atoms with van der Waals surface area (Å²) in [5.74, 6) is -0.590. The quantitative estimate of drug-likeness (QED) is 0.420. The molecule has 1 heterocycles. The molecule has 1 fully saturated rings. The van der Waals surface area contributed by atoms with Crippen LogP contribution in [-0.2, 0) is 9.53 Å². The summed E-state index contributed by atoms with van der Waals surface area (Å²) in [5.41, 5.74) is 2.90. The molecule has 2 rings (SSSR count). The molecule has 1 aromatic rings. The van der Waals surface area contributed by atoms with Crippen molar-refractivity contribution in [3.05, 3.63) is 35.4 Å². The number of hydrogen-bond donors (Lipinski definition) is 2. The Balaban J connectivity index is 1.85. The highest BCUT2D eigenvalue weighted by Crippen LogP contribution is 2.17. The predicted molar refractivity (Wildman–Crippen MR) is 113 cm³/mol. The number of ketones is 1. The van der Waals surface area contributed by atoms with Crippen molar-refractivity contribution in [3.63, 3.8) is 0 Å². The Labute approximate surface area is 177 Å². The van der Waals surface area contributed by atoms with E-state index in [1.807, 2.05) is 0 Å². The number of Topliss-reactive ketones (excluding diaryl/α,β-unsaturated/α-hetero) is 1. The van der Waals surface area contributed by atoms with Gasteiger partial charge in [0.25, 0.3) is 0 Å². The number of hydrogen-bond acceptors (Lipinski definition) is 6. The van der Waals surface area contributed by atoms with Crippen molar-refractivity contribution < 1.29 is 24.2 Å². The van der Waals surface area contributed by atoms with Crippen LogP contribution < -0.4 is 5.43 Å². The van der Waals surface area contributed by atoms with Crippen LogP contribution in [0.25, 0.3) is 0 Å². The van der Waals surface area contributed by atoms with E-state index >= 15 is 0 Å². The number of likely N-dealkylation sites (tertiary alicyclic amines) is 1. The van der Waals surface area contributed by atoms with Crippen LogP contribution >= 0.6 is 0 Å². The SMILES string of the molecule is CC(CC(=O)N1CCC(O)CC1)C(=O)c1ccc(C=NNC(=O)OC(C)(C)C)cc1. The number of amides is 2. The van der Waals surface area contributed by atoms with Gasteiger partial charge in [0.2, 0.25) is 5.91 Å². The van der Waals surface area contributed by atoms with Crippen LogP contribution in [0.3, 0.4) is 0 Å². The number of aliphatic hydroxyl groups is 1. The summed E-state index contributed by atoms with van der Waals surface area (Å²) in [6.07, 6.45) is 1.79. The lowest BCUT2D eigenvalue weighted by Gasteiger charge is -2.30. The van der Waals surface area contributed by atoms with Crippen molar-refractivity contribution in [1.29, 1.82) is 0 Å².